The molecule has 0 aromatic carbocycles. The van der Waals surface area contributed by atoms with Crippen LogP contribution in [0.25, 0.3) is 0 Å². The van der Waals surface area contributed by atoms with Gasteiger partial charge in [-0.2, -0.15) is 13.2 Å². The number of thiazole rings is 1. The summed E-state index contributed by atoms with van der Waals surface area (Å²) in [5.41, 5.74) is 0.860. The Kier molecular flexibility index (Phi) is 4.73. The number of halogens is 3. The van der Waals surface area contributed by atoms with Gasteiger partial charge in [-0.25, -0.2) is 4.98 Å². The highest BCUT2D eigenvalue weighted by Gasteiger charge is 2.35. The predicted octanol–water partition coefficient (Wildman–Crippen LogP) is 4.46. The van der Waals surface area contributed by atoms with Gasteiger partial charge >= 0.3 is 6.18 Å². The van der Waals surface area contributed by atoms with Gasteiger partial charge in [0.05, 0.1) is 6.04 Å². The largest absolute Gasteiger partial charge is 0.466 e. The van der Waals surface area contributed by atoms with Crippen molar-refractivity contribution in [1.82, 2.24) is 10.3 Å². The Bertz CT molecular complexity index is 604. The van der Waals surface area contributed by atoms with E-state index in [0.717, 1.165) is 17.7 Å². The third-order valence-electron chi connectivity index (χ3n) is 3.04. The van der Waals surface area contributed by atoms with Gasteiger partial charge in [-0.05, 0) is 32.9 Å². The molecule has 0 radical (unpaired) electrons. The molecular formula is C14H17F3N2OS. The predicted molar refractivity (Wildman–Crippen MR) is 75.4 cm³/mol. The summed E-state index contributed by atoms with van der Waals surface area (Å²) in [5.74, 6) is 1.45. The van der Waals surface area contributed by atoms with Crippen molar-refractivity contribution in [3.63, 3.8) is 0 Å². The molecule has 0 amide bonds. The first-order valence-electron chi connectivity index (χ1n) is 6.66. The van der Waals surface area contributed by atoms with Gasteiger partial charge in [-0.1, -0.05) is 6.92 Å². The zero-order valence-electron chi connectivity index (χ0n) is 12.0. The van der Waals surface area contributed by atoms with Gasteiger partial charge in [0.25, 0.3) is 0 Å². The van der Waals surface area contributed by atoms with E-state index in [4.69, 9.17) is 4.42 Å². The van der Waals surface area contributed by atoms with E-state index in [1.807, 2.05) is 26.8 Å². The van der Waals surface area contributed by atoms with Crippen molar-refractivity contribution in [3.8, 4) is 0 Å². The Morgan fingerprint density at radius 2 is 2.10 bits per heavy atom. The Morgan fingerprint density at radius 3 is 2.57 bits per heavy atom. The lowest BCUT2D eigenvalue weighted by atomic mass is 10.1. The quantitative estimate of drug-likeness (QED) is 0.884. The van der Waals surface area contributed by atoms with E-state index in [0.29, 0.717) is 28.5 Å². The first-order valence-corrected chi connectivity index (χ1v) is 7.47. The molecule has 1 atom stereocenters. The van der Waals surface area contributed by atoms with Crippen molar-refractivity contribution in [1.29, 1.82) is 0 Å². The van der Waals surface area contributed by atoms with Crippen LogP contribution in [0.4, 0.5) is 13.2 Å². The van der Waals surface area contributed by atoms with Crippen molar-refractivity contribution in [2.75, 3.05) is 6.54 Å². The molecule has 0 aliphatic carbocycles. The van der Waals surface area contributed by atoms with E-state index in [2.05, 4.69) is 10.3 Å². The molecule has 7 heteroatoms. The molecule has 0 bridgehead atoms. The molecule has 1 N–H and O–H groups in total. The molecule has 2 rings (SSSR count). The van der Waals surface area contributed by atoms with Crippen LogP contribution >= 0.6 is 11.3 Å². The van der Waals surface area contributed by atoms with Gasteiger partial charge < -0.3 is 9.73 Å². The number of furan rings is 1. The summed E-state index contributed by atoms with van der Waals surface area (Å²) in [7, 11) is 0. The summed E-state index contributed by atoms with van der Waals surface area (Å²) in [6, 6.07) is 1.53. The van der Waals surface area contributed by atoms with Crippen molar-refractivity contribution < 1.29 is 17.6 Å². The standard InChI is InChI=1S/C14H17F3N2OS/c1-4-5-18-12(10-6-8(2)20-9(10)3)11-7-19-13(21-11)14(15,16)17/h6-7,12,18H,4-5H2,1-3H3. The van der Waals surface area contributed by atoms with Crippen LogP contribution in [0.5, 0.6) is 0 Å². The smallest absolute Gasteiger partial charge is 0.443 e. The fraction of sp³-hybridized carbons (Fsp3) is 0.500. The first-order chi connectivity index (χ1) is 9.82. The van der Waals surface area contributed by atoms with Gasteiger partial charge in [0, 0.05) is 16.6 Å². The highest BCUT2D eigenvalue weighted by molar-refractivity contribution is 7.11. The van der Waals surface area contributed by atoms with Crippen LogP contribution in [0.1, 0.15) is 46.4 Å². The Morgan fingerprint density at radius 1 is 1.38 bits per heavy atom. The highest BCUT2D eigenvalue weighted by Crippen LogP contribution is 2.37. The molecule has 116 valence electrons. The molecule has 2 aromatic rings. The van der Waals surface area contributed by atoms with Crippen molar-refractivity contribution in [2.24, 2.45) is 0 Å². The number of aryl methyl sites for hydroxylation is 2. The molecular weight excluding hydrogens is 301 g/mol. The molecule has 21 heavy (non-hydrogen) atoms. The molecule has 0 aliphatic heterocycles. The molecule has 2 aromatic heterocycles. The summed E-state index contributed by atoms with van der Waals surface area (Å²) >= 11 is 0.671. The van der Waals surface area contributed by atoms with Crippen LogP contribution in [-0.2, 0) is 6.18 Å². The van der Waals surface area contributed by atoms with Crippen LogP contribution in [0.15, 0.2) is 16.7 Å². The van der Waals surface area contributed by atoms with Gasteiger partial charge in [-0.15, -0.1) is 11.3 Å². The molecule has 3 nitrogen and oxygen atoms in total. The van der Waals surface area contributed by atoms with Crippen LogP contribution < -0.4 is 5.32 Å². The second-order valence-corrected chi connectivity index (χ2v) is 5.88. The molecule has 0 spiro atoms. The van der Waals surface area contributed by atoms with E-state index in [-0.39, 0.29) is 6.04 Å². The normalized spacial score (nSPS) is 13.6. The number of aromatic nitrogens is 1. The summed E-state index contributed by atoms with van der Waals surface area (Å²) in [4.78, 5) is 4.04. The lowest BCUT2D eigenvalue weighted by molar-refractivity contribution is -0.137. The third kappa shape index (κ3) is 3.65. The maximum atomic E-state index is 12.7. The van der Waals surface area contributed by atoms with Gasteiger partial charge in [-0.3, -0.25) is 0 Å². The Labute approximate surface area is 125 Å². The zero-order valence-corrected chi connectivity index (χ0v) is 12.9. The van der Waals surface area contributed by atoms with E-state index in [1.165, 1.54) is 6.20 Å². The summed E-state index contributed by atoms with van der Waals surface area (Å²) in [5, 5.41) is 2.44. The molecule has 1 unspecified atom stereocenters. The lowest BCUT2D eigenvalue weighted by Crippen LogP contribution is -2.22. The average molecular weight is 318 g/mol. The van der Waals surface area contributed by atoms with Crippen molar-refractivity contribution >= 4 is 11.3 Å². The third-order valence-corrected chi connectivity index (χ3v) is 4.15. The second-order valence-electron chi connectivity index (χ2n) is 4.82. The second kappa shape index (κ2) is 6.19. The molecule has 0 saturated heterocycles. The van der Waals surface area contributed by atoms with E-state index >= 15 is 0 Å². The molecule has 0 saturated carbocycles. The molecule has 0 aliphatic rings. The lowest BCUT2D eigenvalue weighted by Gasteiger charge is -2.16. The number of hydrogen-bond acceptors (Lipinski definition) is 4. The average Bonchev–Trinajstić information content (AvgIpc) is 2.97. The number of alkyl halides is 3. The minimum atomic E-state index is -4.40. The van der Waals surface area contributed by atoms with Gasteiger partial charge in [0.15, 0.2) is 5.01 Å². The summed E-state index contributed by atoms with van der Waals surface area (Å²) in [6.07, 6.45) is -2.22. The van der Waals surface area contributed by atoms with E-state index in [1.54, 1.807) is 0 Å². The summed E-state index contributed by atoms with van der Waals surface area (Å²) in [6.45, 7) is 6.34. The molecule has 0 fully saturated rings. The van der Waals surface area contributed by atoms with Crippen molar-refractivity contribution in [2.45, 2.75) is 39.4 Å². The number of rotatable bonds is 5. The van der Waals surface area contributed by atoms with E-state index < -0.39 is 11.2 Å². The fourth-order valence-electron chi connectivity index (χ4n) is 2.14. The van der Waals surface area contributed by atoms with Gasteiger partial charge in [0.2, 0.25) is 0 Å². The SMILES string of the molecule is CCCNC(c1cnc(C(F)(F)F)s1)c1cc(C)oc1C. The molecule has 2 heterocycles. The van der Waals surface area contributed by atoms with Gasteiger partial charge in [0.1, 0.15) is 11.5 Å². The van der Waals surface area contributed by atoms with Crippen LogP contribution in [0.2, 0.25) is 0 Å². The monoisotopic (exact) mass is 318 g/mol. The maximum absolute atomic E-state index is 12.7. The fourth-order valence-corrected chi connectivity index (χ4v) is 3.02. The number of hydrogen-bond donors (Lipinski definition) is 1. The van der Waals surface area contributed by atoms with Crippen LogP contribution in [0, 0.1) is 13.8 Å². The van der Waals surface area contributed by atoms with E-state index in [9.17, 15) is 13.2 Å². The number of nitrogens with one attached hydrogen (secondary N) is 1. The topological polar surface area (TPSA) is 38.1 Å². The minimum absolute atomic E-state index is 0.323. The Balaban J connectivity index is 2.36. The van der Waals surface area contributed by atoms with Crippen molar-refractivity contribution in [3.05, 3.63) is 39.2 Å². The zero-order chi connectivity index (χ0) is 15.6. The number of nitrogens with zero attached hydrogens (tertiary/aromatic N) is 1. The summed E-state index contributed by atoms with van der Waals surface area (Å²) < 4.78 is 43.6. The van der Waals surface area contributed by atoms with Crippen LogP contribution in [-0.4, -0.2) is 11.5 Å². The maximum Gasteiger partial charge on any atom is 0.443 e. The highest BCUT2D eigenvalue weighted by atomic mass is 32.1. The first kappa shape index (κ1) is 16.0. The van der Waals surface area contributed by atoms with Crippen LogP contribution in [0.3, 0.4) is 0 Å². The Hall–Kier alpha value is -1.34. The minimum Gasteiger partial charge on any atom is -0.466 e.